The third-order valence-corrected chi connectivity index (χ3v) is 3.06. The van der Waals surface area contributed by atoms with Crippen LogP contribution in [0.25, 0.3) is 5.65 Å². The summed E-state index contributed by atoms with van der Waals surface area (Å²) >= 11 is 3.04. The molecule has 0 saturated heterocycles. The number of methoxy groups -OCH3 is 1. The van der Waals surface area contributed by atoms with Gasteiger partial charge in [-0.05, 0) is 15.9 Å². The van der Waals surface area contributed by atoms with Gasteiger partial charge in [0.25, 0.3) is 0 Å². The molecule has 0 aliphatic carbocycles. The number of aromatic hydroxyl groups is 1. The average molecular weight is 317 g/mol. The topological polar surface area (TPSA) is 63.8 Å². The van der Waals surface area contributed by atoms with Gasteiger partial charge in [-0.25, -0.2) is 4.98 Å². The van der Waals surface area contributed by atoms with Crippen molar-refractivity contribution in [3.63, 3.8) is 0 Å². The van der Waals surface area contributed by atoms with E-state index in [1.807, 2.05) is 0 Å². The predicted octanol–water partition coefficient (Wildman–Crippen LogP) is 2.05. The highest BCUT2D eigenvalue weighted by Gasteiger charge is 2.14. The van der Waals surface area contributed by atoms with Crippen LogP contribution in [-0.4, -0.2) is 27.6 Å². The van der Waals surface area contributed by atoms with E-state index >= 15 is 0 Å². The molecule has 7 heteroatoms. The Kier molecular flexibility index (Phi) is 3.51. The molecule has 0 aliphatic rings. The SMILES string of the molecule is COC(=O)CCc1cn2cc(Br)c(O)c(F)c2n1. The first-order valence-corrected chi connectivity index (χ1v) is 5.93. The Bertz CT molecular complexity index is 612. The van der Waals surface area contributed by atoms with Crippen molar-refractivity contribution in [3.05, 3.63) is 28.4 Å². The summed E-state index contributed by atoms with van der Waals surface area (Å²) in [5, 5.41) is 9.42. The fourth-order valence-electron chi connectivity index (χ4n) is 1.55. The molecule has 5 nitrogen and oxygen atoms in total. The number of ether oxygens (including phenoxy) is 1. The minimum absolute atomic E-state index is 0.0237. The van der Waals surface area contributed by atoms with Crippen LogP contribution in [0.1, 0.15) is 12.1 Å². The number of hydrogen-bond donors (Lipinski definition) is 1. The molecule has 1 N–H and O–H groups in total. The van der Waals surface area contributed by atoms with E-state index in [1.54, 1.807) is 6.20 Å². The van der Waals surface area contributed by atoms with Gasteiger partial charge in [-0.3, -0.25) is 4.79 Å². The zero-order valence-corrected chi connectivity index (χ0v) is 11.1. The third kappa shape index (κ3) is 2.31. The second-order valence-corrected chi connectivity index (χ2v) is 4.53. The number of esters is 1. The van der Waals surface area contributed by atoms with E-state index in [0.717, 1.165) is 0 Å². The predicted molar refractivity (Wildman–Crippen MR) is 64.9 cm³/mol. The Hall–Kier alpha value is -1.63. The fourth-order valence-corrected chi connectivity index (χ4v) is 1.95. The van der Waals surface area contributed by atoms with Crippen molar-refractivity contribution >= 4 is 27.5 Å². The van der Waals surface area contributed by atoms with Crippen LogP contribution in [-0.2, 0) is 16.0 Å². The molecule has 0 saturated carbocycles. The van der Waals surface area contributed by atoms with Crippen LogP contribution < -0.4 is 0 Å². The van der Waals surface area contributed by atoms with Crippen molar-refractivity contribution in [3.8, 4) is 5.75 Å². The van der Waals surface area contributed by atoms with Crippen LogP contribution in [0.2, 0.25) is 0 Å². The fraction of sp³-hybridized carbons (Fsp3) is 0.273. The molecule has 2 heterocycles. The maximum absolute atomic E-state index is 13.7. The molecule has 0 aromatic carbocycles. The first-order chi connectivity index (χ1) is 8.52. The Labute approximate surface area is 110 Å². The van der Waals surface area contributed by atoms with E-state index in [2.05, 4.69) is 25.7 Å². The maximum atomic E-state index is 13.7. The molecule has 0 aliphatic heterocycles. The van der Waals surface area contributed by atoms with Crippen LogP contribution in [0.3, 0.4) is 0 Å². The lowest BCUT2D eigenvalue weighted by Gasteiger charge is -2.00. The molecule has 2 rings (SSSR count). The summed E-state index contributed by atoms with van der Waals surface area (Å²) in [7, 11) is 1.31. The summed E-state index contributed by atoms with van der Waals surface area (Å²) < 4.78 is 19.9. The van der Waals surface area contributed by atoms with Gasteiger partial charge >= 0.3 is 5.97 Å². The quantitative estimate of drug-likeness (QED) is 0.880. The van der Waals surface area contributed by atoms with E-state index < -0.39 is 11.6 Å². The van der Waals surface area contributed by atoms with E-state index in [1.165, 1.54) is 17.7 Å². The van der Waals surface area contributed by atoms with Crippen LogP contribution in [0, 0.1) is 5.82 Å². The lowest BCUT2D eigenvalue weighted by Crippen LogP contribution is -2.01. The van der Waals surface area contributed by atoms with E-state index in [-0.39, 0.29) is 22.5 Å². The van der Waals surface area contributed by atoms with E-state index in [4.69, 9.17) is 0 Å². The number of fused-ring (bicyclic) bond motifs is 1. The standard InChI is InChI=1S/C11H10BrFN2O3/c1-18-8(16)3-2-6-4-15-5-7(12)10(17)9(13)11(15)14-6/h4-5,17H,2-3H2,1H3. The number of aryl methyl sites for hydroxylation is 1. The lowest BCUT2D eigenvalue weighted by atomic mass is 10.2. The van der Waals surface area contributed by atoms with Crippen LogP contribution in [0.4, 0.5) is 4.39 Å². The highest BCUT2D eigenvalue weighted by atomic mass is 79.9. The Morgan fingerprint density at radius 1 is 1.61 bits per heavy atom. The summed E-state index contributed by atoms with van der Waals surface area (Å²) in [4.78, 5) is 15.0. The number of carbonyl (C=O) groups excluding carboxylic acids is 1. The Morgan fingerprint density at radius 3 is 3.00 bits per heavy atom. The normalized spacial score (nSPS) is 10.8. The first-order valence-electron chi connectivity index (χ1n) is 5.14. The number of hydrogen-bond acceptors (Lipinski definition) is 4. The summed E-state index contributed by atoms with van der Waals surface area (Å²) in [5.41, 5.74) is 0.576. The second-order valence-electron chi connectivity index (χ2n) is 3.68. The van der Waals surface area contributed by atoms with Crippen molar-refractivity contribution in [2.45, 2.75) is 12.8 Å². The molecule has 0 fully saturated rings. The number of imidazole rings is 1. The van der Waals surface area contributed by atoms with Gasteiger partial charge in [-0.2, -0.15) is 4.39 Å². The van der Waals surface area contributed by atoms with E-state index in [9.17, 15) is 14.3 Å². The number of aromatic nitrogens is 2. The van der Waals surface area contributed by atoms with Crippen molar-refractivity contribution in [1.82, 2.24) is 9.38 Å². The van der Waals surface area contributed by atoms with Gasteiger partial charge in [-0.1, -0.05) is 0 Å². The average Bonchev–Trinajstić information content (AvgIpc) is 2.76. The van der Waals surface area contributed by atoms with Gasteiger partial charge in [0.2, 0.25) is 5.82 Å². The van der Waals surface area contributed by atoms with Crippen molar-refractivity contribution in [2.75, 3.05) is 7.11 Å². The molecule has 0 amide bonds. The smallest absolute Gasteiger partial charge is 0.305 e. The molecule has 0 atom stereocenters. The largest absolute Gasteiger partial charge is 0.504 e. The second kappa shape index (κ2) is 4.93. The van der Waals surface area contributed by atoms with Crippen molar-refractivity contribution in [1.29, 1.82) is 0 Å². The Balaban J connectivity index is 2.33. The maximum Gasteiger partial charge on any atom is 0.305 e. The number of nitrogens with zero attached hydrogens (tertiary/aromatic N) is 2. The molecular weight excluding hydrogens is 307 g/mol. The Morgan fingerprint density at radius 2 is 2.33 bits per heavy atom. The van der Waals surface area contributed by atoms with Gasteiger partial charge < -0.3 is 14.2 Å². The van der Waals surface area contributed by atoms with Crippen LogP contribution in [0.5, 0.6) is 5.75 Å². The number of pyridine rings is 1. The van der Waals surface area contributed by atoms with Gasteiger partial charge in [-0.15, -0.1) is 0 Å². The highest BCUT2D eigenvalue weighted by Crippen LogP contribution is 2.29. The minimum atomic E-state index is -0.798. The summed E-state index contributed by atoms with van der Waals surface area (Å²) in [6, 6.07) is 0. The van der Waals surface area contributed by atoms with Crippen molar-refractivity contribution in [2.24, 2.45) is 0 Å². The number of rotatable bonds is 3. The van der Waals surface area contributed by atoms with Gasteiger partial charge in [0.05, 0.1) is 23.7 Å². The summed E-state index contributed by atoms with van der Waals surface area (Å²) in [6.45, 7) is 0. The minimum Gasteiger partial charge on any atom is -0.504 e. The summed E-state index contributed by atoms with van der Waals surface area (Å²) in [6.07, 6.45) is 3.63. The molecule has 0 unspecified atom stereocenters. The monoisotopic (exact) mass is 316 g/mol. The van der Waals surface area contributed by atoms with Gasteiger partial charge in [0, 0.05) is 18.8 Å². The van der Waals surface area contributed by atoms with Gasteiger partial charge in [0.1, 0.15) is 0 Å². The zero-order valence-electron chi connectivity index (χ0n) is 9.48. The molecule has 2 aromatic heterocycles. The summed E-state index contributed by atoms with van der Waals surface area (Å²) in [5.74, 6) is -1.63. The van der Waals surface area contributed by atoms with Crippen LogP contribution >= 0.6 is 15.9 Å². The molecule has 0 bridgehead atoms. The number of carbonyl (C=O) groups is 1. The lowest BCUT2D eigenvalue weighted by molar-refractivity contribution is -0.140. The van der Waals surface area contributed by atoms with E-state index in [0.29, 0.717) is 12.1 Å². The van der Waals surface area contributed by atoms with Crippen molar-refractivity contribution < 1.29 is 19.0 Å². The third-order valence-electron chi connectivity index (χ3n) is 2.48. The highest BCUT2D eigenvalue weighted by molar-refractivity contribution is 9.10. The molecule has 0 radical (unpaired) electrons. The molecular formula is C11H10BrFN2O3. The molecule has 96 valence electrons. The van der Waals surface area contributed by atoms with Gasteiger partial charge in [0.15, 0.2) is 11.4 Å². The molecule has 2 aromatic rings. The molecule has 0 spiro atoms. The first kappa shape index (κ1) is 12.8. The molecule has 18 heavy (non-hydrogen) atoms. The zero-order chi connectivity index (χ0) is 13.3. The van der Waals surface area contributed by atoms with Crippen LogP contribution in [0.15, 0.2) is 16.9 Å². The number of halogens is 2.